The van der Waals surface area contributed by atoms with E-state index >= 15 is 0 Å². The summed E-state index contributed by atoms with van der Waals surface area (Å²) in [5.41, 5.74) is 6.53. The summed E-state index contributed by atoms with van der Waals surface area (Å²) < 4.78 is 0. The Morgan fingerprint density at radius 3 is 2.78 bits per heavy atom. The van der Waals surface area contributed by atoms with Crippen molar-refractivity contribution < 1.29 is 10.2 Å². The number of hydrogen-bond acceptors (Lipinski definition) is 2. The van der Waals surface area contributed by atoms with Crippen LogP contribution >= 0.6 is 0 Å². The molecule has 0 aromatic heterocycles. The third-order valence-corrected chi connectivity index (χ3v) is 7.42. The van der Waals surface area contributed by atoms with Crippen LogP contribution in [-0.4, -0.2) is 22.9 Å². The van der Waals surface area contributed by atoms with Gasteiger partial charge in [-0.1, -0.05) is 26.0 Å². The molecule has 0 amide bonds. The number of benzene rings is 1. The van der Waals surface area contributed by atoms with E-state index in [0.29, 0.717) is 29.8 Å². The maximum Gasteiger partial charge on any atom is 0.0583 e. The second-order valence-electron chi connectivity index (χ2n) is 8.57. The van der Waals surface area contributed by atoms with E-state index < -0.39 is 0 Å². The van der Waals surface area contributed by atoms with Crippen LogP contribution in [0.3, 0.4) is 0 Å². The van der Waals surface area contributed by atoms with Gasteiger partial charge in [0, 0.05) is 6.61 Å². The molecular formula is C21H30O2. The first kappa shape index (κ1) is 15.7. The lowest BCUT2D eigenvalue weighted by Crippen LogP contribution is -2.36. The minimum absolute atomic E-state index is 0.143. The van der Waals surface area contributed by atoms with Crippen molar-refractivity contribution in [1.82, 2.24) is 0 Å². The van der Waals surface area contributed by atoms with E-state index in [4.69, 9.17) is 0 Å². The minimum atomic E-state index is -0.143. The Bertz CT molecular complexity index is 608. The Kier molecular flexibility index (Phi) is 3.81. The first-order chi connectivity index (χ1) is 11.0. The van der Waals surface area contributed by atoms with Crippen molar-refractivity contribution in [2.75, 3.05) is 6.61 Å². The average Bonchev–Trinajstić information content (AvgIpc) is 2.90. The zero-order valence-corrected chi connectivity index (χ0v) is 14.5. The van der Waals surface area contributed by atoms with Gasteiger partial charge >= 0.3 is 0 Å². The smallest absolute Gasteiger partial charge is 0.0583 e. The minimum Gasteiger partial charge on any atom is -0.396 e. The van der Waals surface area contributed by atoms with E-state index in [1.54, 1.807) is 16.7 Å². The average molecular weight is 314 g/mol. The van der Waals surface area contributed by atoms with Gasteiger partial charge in [0.1, 0.15) is 0 Å². The molecule has 2 unspecified atom stereocenters. The molecule has 5 atom stereocenters. The second-order valence-corrected chi connectivity index (χ2v) is 8.57. The maximum absolute atomic E-state index is 9.95. The Morgan fingerprint density at radius 1 is 1.17 bits per heavy atom. The summed E-state index contributed by atoms with van der Waals surface area (Å²) in [6.45, 7) is 5.03. The monoisotopic (exact) mass is 314 g/mol. The molecule has 0 radical (unpaired) electrons. The molecule has 2 heteroatoms. The van der Waals surface area contributed by atoms with Crippen LogP contribution < -0.4 is 0 Å². The van der Waals surface area contributed by atoms with Crippen LogP contribution in [-0.2, 0) is 19.3 Å². The molecular weight excluding hydrogens is 284 g/mol. The van der Waals surface area contributed by atoms with Gasteiger partial charge in [-0.25, -0.2) is 0 Å². The van der Waals surface area contributed by atoms with Crippen molar-refractivity contribution in [1.29, 1.82) is 0 Å². The Hall–Kier alpha value is -0.860. The molecule has 3 aliphatic rings. The molecule has 1 aromatic rings. The molecule has 0 saturated heterocycles. The van der Waals surface area contributed by atoms with Gasteiger partial charge < -0.3 is 10.2 Å². The van der Waals surface area contributed by atoms with E-state index in [2.05, 4.69) is 26.0 Å². The van der Waals surface area contributed by atoms with Crippen molar-refractivity contribution >= 4 is 0 Å². The van der Waals surface area contributed by atoms with Gasteiger partial charge in [0.05, 0.1) is 6.10 Å². The third-order valence-electron chi connectivity index (χ3n) is 7.42. The molecule has 1 saturated carbocycles. The molecule has 0 heterocycles. The van der Waals surface area contributed by atoms with Crippen molar-refractivity contribution in [3.8, 4) is 0 Å². The van der Waals surface area contributed by atoms with Crippen molar-refractivity contribution in [2.45, 2.75) is 70.8 Å². The summed E-state index contributed by atoms with van der Waals surface area (Å²) in [5, 5.41) is 19.6. The molecule has 126 valence electrons. The van der Waals surface area contributed by atoms with E-state index in [1.807, 2.05) is 0 Å². The lowest BCUT2D eigenvalue weighted by Gasteiger charge is -2.45. The molecule has 0 aliphatic heterocycles. The molecule has 0 bridgehead atoms. The zero-order chi connectivity index (χ0) is 16.2. The Morgan fingerprint density at radius 2 is 2.00 bits per heavy atom. The Balaban J connectivity index is 1.72. The molecule has 23 heavy (non-hydrogen) atoms. The largest absolute Gasteiger partial charge is 0.396 e. The summed E-state index contributed by atoms with van der Waals surface area (Å²) >= 11 is 0. The topological polar surface area (TPSA) is 40.5 Å². The van der Waals surface area contributed by atoms with Crippen LogP contribution in [0.15, 0.2) is 12.1 Å². The third kappa shape index (κ3) is 2.29. The molecule has 1 aromatic carbocycles. The predicted octanol–water partition coefficient (Wildman–Crippen LogP) is 3.61. The lowest BCUT2D eigenvalue weighted by molar-refractivity contribution is 0.0868. The number of fused-ring (bicyclic) bond motifs is 5. The molecule has 2 nitrogen and oxygen atoms in total. The van der Waals surface area contributed by atoms with Crippen molar-refractivity contribution in [3.63, 3.8) is 0 Å². The van der Waals surface area contributed by atoms with Gasteiger partial charge in [0.2, 0.25) is 0 Å². The van der Waals surface area contributed by atoms with Crippen molar-refractivity contribution in [3.05, 3.63) is 34.4 Å². The molecule has 1 fully saturated rings. The highest BCUT2D eigenvalue weighted by atomic mass is 16.3. The van der Waals surface area contributed by atoms with Crippen LogP contribution in [0, 0.1) is 17.3 Å². The molecule has 4 rings (SSSR count). The molecule has 2 N–H and O–H groups in total. The summed E-state index contributed by atoms with van der Waals surface area (Å²) in [6.07, 6.45) is 7.67. The van der Waals surface area contributed by atoms with Crippen LogP contribution in [0.4, 0.5) is 0 Å². The Labute approximate surface area is 139 Å². The van der Waals surface area contributed by atoms with Crippen molar-refractivity contribution in [2.24, 2.45) is 17.3 Å². The fraction of sp³-hybridized carbons (Fsp3) is 0.714. The quantitative estimate of drug-likeness (QED) is 0.875. The highest BCUT2D eigenvalue weighted by Gasteiger charge is 2.51. The first-order valence-electron chi connectivity index (χ1n) is 9.47. The summed E-state index contributed by atoms with van der Waals surface area (Å²) in [5.74, 6) is 1.74. The van der Waals surface area contributed by atoms with E-state index in [0.717, 1.165) is 19.3 Å². The maximum atomic E-state index is 9.95. The van der Waals surface area contributed by atoms with Crippen LogP contribution in [0.1, 0.15) is 67.7 Å². The normalized spacial score (nSPS) is 37.0. The van der Waals surface area contributed by atoms with Gasteiger partial charge in [-0.2, -0.15) is 0 Å². The van der Waals surface area contributed by atoms with Gasteiger partial charge in [0.25, 0.3) is 0 Å². The first-order valence-corrected chi connectivity index (χ1v) is 9.47. The fourth-order valence-corrected chi connectivity index (χ4v) is 6.14. The van der Waals surface area contributed by atoms with Gasteiger partial charge in [-0.3, -0.25) is 0 Å². The summed E-state index contributed by atoms with van der Waals surface area (Å²) in [4.78, 5) is 0. The zero-order valence-electron chi connectivity index (χ0n) is 14.5. The number of hydrogen-bond donors (Lipinski definition) is 2. The van der Waals surface area contributed by atoms with Crippen LogP contribution in [0.5, 0.6) is 0 Å². The molecule has 0 spiro atoms. The highest BCUT2D eigenvalue weighted by Crippen LogP contribution is 2.61. The van der Waals surface area contributed by atoms with Gasteiger partial charge in [0.15, 0.2) is 0 Å². The standard InChI is InChI=1S/C21H30O2/c1-13(12-22)19-7-8-20-18-5-3-14-11-15(23)4-6-16(14)17(18)9-10-21(19,20)2/h3,5,13,15,19-20,22-23H,4,6-12H2,1-2H3/t13-,15+,19?,20?,21-/m1/s1. The lowest BCUT2D eigenvalue weighted by atomic mass is 9.60. The summed E-state index contributed by atoms with van der Waals surface area (Å²) in [7, 11) is 0. The fourth-order valence-electron chi connectivity index (χ4n) is 6.14. The predicted molar refractivity (Wildman–Crippen MR) is 92.6 cm³/mol. The van der Waals surface area contributed by atoms with E-state index in [1.165, 1.54) is 31.2 Å². The van der Waals surface area contributed by atoms with Crippen LogP contribution in [0.2, 0.25) is 0 Å². The number of aliphatic hydroxyl groups excluding tert-OH is 2. The highest BCUT2D eigenvalue weighted by molar-refractivity contribution is 5.47. The van der Waals surface area contributed by atoms with Gasteiger partial charge in [-0.15, -0.1) is 0 Å². The number of rotatable bonds is 2. The van der Waals surface area contributed by atoms with Gasteiger partial charge in [-0.05, 0) is 90.4 Å². The molecule has 3 aliphatic carbocycles. The van der Waals surface area contributed by atoms with E-state index in [-0.39, 0.29) is 6.10 Å². The number of aliphatic hydroxyl groups is 2. The second kappa shape index (κ2) is 5.60. The van der Waals surface area contributed by atoms with Crippen LogP contribution in [0.25, 0.3) is 0 Å². The summed E-state index contributed by atoms with van der Waals surface area (Å²) in [6, 6.07) is 4.67. The SMILES string of the molecule is C[C@H](CO)C1CCC2c3ccc4c(c3CC[C@@]21C)CC[C@H](O)C4. The van der Waals surface area contributed by atoms with E-state index in [9.17, 15) is 10.2 Å².